The van der Waals surface area contributed by atoms with Crippen LogP contribution in [0.4, 0.5) is 4.79 Å². The summed E-state index contributed by atoms with van der Waals surface area (Å²) in [5.74, 6) is 0.993. The van der Waals surface area contributed by atoms with E-state index in [9.17, 15) is 9.90 Å². The third kappa shape index (κ3) is 2.47. The Kier molecular flexibility index (Phi) is 3.37. The first-order valence-corrected chi connectivity index (χ1v) is 7.26. The van der Waals surface area contributed by atoms with Crippen LogP contribution >= 0.6 is 0 Å². The van der Waals surface area contributed by atoms with Gasteiger partial charge in [-0.1, -0.05) is 41.5 Å². The lowest BCUT2D eigenvalue weighted by Crippen LogP contribution is -2.51. The predicted octanol–water partition coefficient (Wildman–Crippen LogP) is 2.65. The second-order valence-corrected chi connectivity index (χ2v) is 8.32. The summed E-state index contributed by atoms with van der Waals surface area (Å²) in [5.41, 5.74) is 0.195. The Balaban J connectivity index is 2.29. The minimum absolute atomic E-state index is 0.0302. The Morgan fingerprint density at radius 1 is 1.16 bits per heavy atom. The highest BCUT2D eigenvalue weighted by atomic mass is 16.4. The van der Waals surface area contributed by atoms with Gasteiger partial charge in [0.15, 0.2) is 0 Å². The van der Waals surface area contributed by atoms with E-state index in [1.54, 1.807) is 4.90 Å². The van der Waals surface area contributed by atoms with Crippen molar-refractivity contribution in [2.75, 3.05) is 13.1 Å². The average molecular weight is 268 g/mol. The van der Waals surface area contributed by atoms with Gasteiger partial charge in [0.25, 0.3) is 0 Å². The van der Waals surface area contributed by atoms with Crippen molar-refractivity contribution < 1.29 is 9.90 Å². The largest absolute Gasteiger partial charge is 0.465 e. The molecule has 2 N–H and O–H groups in total. The van der Waals surface area contributed by atoms with Crippen LogP contribution in [0.1, 0.15) is 41.5 Å². The zero-order valence-electron chi connectivity index (χ0n) is 13.0. The van der Waals surface area contributed by atoms with Crippen molar-refractivity contribution in [2.24, 2.45) is 22.7 Å². The SMILES string of the molecule is CC(C)(C)C1CNC2C1CN(C(=O)O)C2C(C)(C)C. The summed E-state index contributed by atoms with van der Waals surface area (Å²) in [6.45, 7) is 14.9. The molecule has 0 aromatic heterocycles. The number of hydrogen-bond donors (Lipinski definition) is 2. The van der Waals surface area contributed by atoms with Gasteiger partial charge >= 0.3 is 6.09 Å². The fourth-order valence-corrected chi connectivity index (χ4v) is 4.09. The maximum Gasteiger partial charge on any atom is 0.407 e. The van der Waals surface area contributed by atoms with Crippen LogP contribution in [0.15, 0.2) is 0 Å². The monoisotopic (exact) mass is 268 g/mol. The summed E-state index contributed by atoms with van der Waals surface area (Å²) >= 11 is 0. The van der Waals surface area contributed by atoms with Crippen molar-refractivity contribution in [3.05, 3.63) is 0 Å². The first-order chi connectivity index (χ1) is 8.53. The summed E-state index contributed by atoms with van der Waals surface area (Å²) in [5, 5.41) is 13.1. The standard InChI is InChI=1S/C15H28N2O2/c1-14(2,3)10-7-16-11-9(10)8-17(13(18)19)12(11)15(4,5)6/h9-12,16H,7-8H2,1-6H3,(H,18,19). The van der Waals surface area contributed by atoms with Crippen LogP contribution in [0.25, 0.3) is 0 Å². The van der Waals surface area contributed by atoms with E-state index in [2.05, 4.69) is 46.9 Å². The molecule has 4 atom stereocenters. The number of nitrogens with zero attached hydrogens (tertiary/aromatic N) is 1. The zero-order valence-corrected chi connectivity index (χ0v) is 13.0. The van der Waals surface area contributed by atoms with Gasteiger partial charge in [0.05, 0.1) is 6.04 Å². The number of carboxylic acid groups (broad SMARTS) is 1. The molecule has 0 bridgehead atoms. The molecule has 2 rings (SSSR count). The van der Waals surface area contributed by atoms with E-state index in [0.717, 1.165) is 6.54 Å². The van der Waals surface area contributed by atoms with Gasteiger partial charge in [-0.05, 0) is 29.2 Å². The van der Waals surface area contributed by atoms with E-state index in [0.29, 0.717) is 24.4 Å². The molecule has 1 amide bonds. The van der Waals surface area contributed by atoms with Crippen LogP contribution in [-0.2, 0) is 0 Å². The van der Waals surface area contributed by atoms with Crippen LogP contribution in [0.3, 0.4) is 0 Å². The quantitative estimate of drug-likeness (QED) is 0.710. The van der Waals surface area contributed by atoms with E-state index in [-0.39, 0.29) is 16.9 Å². The molecule has 0 aromatic rings. The molecule has 0 aromatic carbocycles. The molecule has 2 saturated heterocycles. The lowest BCUT2D eigenvalue weighted by atomic mass is 9.72. The average Bonchev–Trinajstić information content (AvgIpc) is 2.68. The number of amides is 1. The van der Waals surface area contributed by atoms with E-state index in [4.69, 9.17) is 0 Å². The van der Waals surface area contributed by atoms with Gasteiger partial charge in [0, 0.05) is 12.6 Å². The molecular formula is C15H28N2O2. The molecule has 19 heavy (non-hydrogen) atoms. The molecule has 0 spiro atoms. The van der Waals surface area contributed by atoms with Crippen molar-refractivity contribution in [3.63, 3.8) is 0 Å². The molecule has 4 unspecified atom stereocenters. The van der Waals surface area contributed by atoms with Gasteiger partial charge in [-0.15, -0.1) is 0 Å². The van der Waals surface area contributed by atoms with E-state index in [1.165, 1.54) is 0 Å². The molecule has 0 saturated carbocycles. The topological polar surface area (TPSA) is 52.6 Å². The summed E-state index contributed by atoms with van der Waals surface area (Å²) in [6.07, 6.45) is -0.774. The predicted molar refractivity (Wildman–Crippen MR) is 76.2 cm³/mol. The first kappa shape index (κ1) is 14.6. The number of hydrogen-bond acceptors (Lipinski definition) is 2. The van der Waals surface area contributed by atoms with Crippen molar-refractivity contribution in [1.82, 2.24) is 10.2 Å². The Morgan fingerprint density at radius 3 is 2.16 bits per heavy atom. The number of nitrogens with one attached hydrogen (secondary N) is 1. The fourth-order valence-electron chi connectivity index (χ4n) is 4.09. The van der Waals surface area contributed by atoms with Gasteiger partial charge in [-0.25, -0.2) is 4.79 Å². The fraction of sp³-hybridized carbons (Fsp3) is 0.933. The van der Waals surface area contributed by atoms with Gasteiger partial charge < -0.3 is 15.3 Å². The molecule has 4 heteroatoms. The van der Waals surface area contributed by atoms with Crippen LogP contribution in [0.5, 0.6) is 0 Å². The summed E-state index contributed by atoms with van der Waals surface area (Å²) < 4.78 is 0. The second kappa shape index (κ2) is 4.37. The summed E-state index contributed by atoms with van der Waals surface area (Å²) in [7, 11) is 0. The first-order valence-electron chi connectivity index (χ1n) is 7.26. The number of rotatable bonds is 0. The molecule has 0 aliphatic carbocycles. The molecule has 2 aliphatic heterocycles. The van der Waals surface area contributed by atoms with Crippen LogP contribution in [-0.4, -0.2) is 41.3 Å². The molecule has 110 valence electrons. The molecule has 2 aliphatic rings. The number of likely N-dealkylation sites (tertiary alicyclic amines) is 1. The van der Waals surface area contributed by atoms with Crippen molar-refractivity contribution in [2.45, 2.75) is 53.6 Å². The molecule has 4 nitrogen and oxygen atoms in total. The van der Waals surface area contributed by atoms with Crippen molar-refractivity contribution >= 4 is 6.09 Å². The highest BCUT2D eigenvalue weighted by Crippen LogP contribution is 2.46. The van der Waals surface area contributed by atoms with Gasteiger partial charge in [-0.3, -0.25) is 0 Å². The van der Waals surface area contributed by atoms with E-state index >= 15 is 0 Å². The minimum Gasteiger partial charge on any atom is -0.465 e. The van der Waals surface area contributed by atoms with Crippen LogP contribution in [0.2, 0.25) is 0 Å². The highest BCUT2D eigenvalue weighted by molar-refractivity contribution is 5.66. The number of fused-ring (bicyclic) bond motifs is 1. The summed E-state index contributed by atoms with van der Waals surface area (Å²) in [6, 6.07) is 0.377. The lowest BCUT2D eigenvalue weighted by molar-refractivity contribution is 0.0955. The van der Waals surface area contributed by atoms with Crippen molar-refractivity contribution in [3.8, 4) is 0 Å². The lowest BCUT2D eigenvalue weighted by Gasteiger charge is -2.36. The maximum absolute atomic E-state index is 11.5. The van der Waals surface area contributed by atoms with Crippen molar-refractivity contribution in [1.29, 1.82) is 0 Å². The van der Waals surface area contributed by atoms with E-state index < -0.39 is 6.09 Å². The Labute approximate surface area is 116 Å². The van der Waals surface area contributed by atoms with E-state index in [1.807, 2.05) is 0 Å². The molecular weight excluding hydrogens is 240 g/mol. The van der Waals surface area contributed by atoms with Gasteiger partial charge in [0.1, 0.15) is 0 Å². The molecule has 0 radical (unpaired) electrons. The zero-order chi connectivity index (χ0) is 14.6. The number of carbonyl (C=O) groups is 1. The normalized spacial score (nSPS) is 35.6. The van der Waals surface area contributed by atoms with Gasteiger partial charge in [0.2, 0.25) is 0 Å². The third-order valence-electron chi connectivity index (χ3n) is 4.88. The minimum atomic E-state index is -0.774. The summed E-state index contributed by atoms with van der Waals surface area (Å²) in [4.78, 5) is 13.2. The Morgan fingerprint density at radius 2 is 1.74 bits per heavy atom. The van der Waals surface area contributed by atoms with Crippen LogP contribution < -0.4 is 5.32 Å². The van der Waals surface area contributed by atoms with Gasteiger partial charge in [-0.2, -0.15) is 0 Å². The smallest absolute Gasteiger partial charge is 0.407 e. The second-order valence-electron chi connectivity index (χ2n) is 8.32. The maximum atomic E-state index is 11.5. The third-order valence-corrected chi connectivity index (χ3v) is 4.88. The molecule has 2 fully saturated rings. The Bertz CT molecular complexity index is 367. The van der Waals surface area contributed by atoms with Crippen LogP contribution in [0, 0.1) is 22.7 Å². The Hall–Kier alpha value is -0.770. The highest BCUT2D eigenvalue weighted by Gasteiger charge is 2.55. The molecule has 2 heterocycles.